The summed E-state index contributed by atoms with van der Waals surface area (Å²) in [4.78, 5) is 11.4. The molecule has 4 nitrogen and oxygen atoms in total. The van der Waals surface area contributed by atoms with E-state index >= 15 is 0 Å². The number of carbonyl (C=O) groups is 1. The fourth-order valence-corrected chi connectivity index (χ4v) is 1.51. The highest BCUT2D eigenvalue weighted by Crippen LogP contribution is 2.19. The Morgan fingerprint density at radius 1 is 1.35 bits per heavy atom. The largest absolute Gasteiger partial charge is 0.493 e. The number of rotatable bonds is 6. The van der Waals surface area contributed by atoms with Crippen molar-refractivity contribution in [3.8, 4) is 5.75 Å². The molecule has 2 rings (SSSR count). The molecule has 0 aliphatic heterocycles. The molecule has 1 aliphatic rings. The van der Waals surface area contributed by atoms with Gasteiger partial charge in [0.1, 0.15) is 5.75 Å². The van der Waals surface area contributed by atoms with Crippen molar-refractivity contribution in [2.45, 2.75) is 25.3 Å². The zero-order valence-electron chi connectivity index (χ0n) is 10.0. The van der Waals surface area contributed by atoms with E-state index in [2.05, 4.69) is 10.6 Å². The smallest absolute Gasteiger partial charge is 0.223 e. The third kappa shape index (κ3) is 3.98. The molecule has 4 heteroatoms. The molecule has 0 radical (unpaired) electrons. The highest BCUT2D eigenvalue weighted by molar-refractivity contribution is 5.76. The summed E-state index contributed by atoms with van der Waals surface area (Å²) >= 11 is 0. The first-order valence-electron chi connectivity index (χ1n) is 5.98. The lowest BCUT2D eigenvalue weighted by molar-refractivity contribution is -0.121. The maximum absolute atomic E-state index is 11.4. The Morgan fingerprint density at radius 3 is 2.65 bits per heavy atom. The van der Waals surface area contributed by atoms with Crippen molar-refractivity contribution in [2.75, 3.05) is 19.0 Å². The molecule has 0 unspecified atom stereocenters. The minimum atomic E-state index is 0.0827. The summed E-state index contributed by atoms with van der Waals surface area (Å²) in [6.45, 7) is 0.428. The average molecular weight is 234 g/mol. The monoisotopic (exact) mass is 234 g/mol. The van der Waals surface area contributed by atoms with Gasteiger partial charge in [-0.3, -0.25) is 4.79 Å². The van der Waals surface area contributed by atoms with Crippen LogP contribution in [0.2, 0.25) is 0 Å². The summed E-state index contributed by atoms with van der Waals surface area (Å²) in [6.07, 6.45) is 2.67. The minimum Gasteiger partial charge on any atom is -0.493 e. The normalized spacial score (nSPS) is 14.2. The number of carbonyl (C=O) groups excluding carboxylic acids is 1. The van der Waals surface area contributed by atoms with Crippen molar-refractivity contribution in [3.05, 3.63) is 24.3 Å². The molecule has 1 fully saturated rings. The third-order valence-corrected chi connectivity index (χ3v) is 2.68. The van der Waals surface area contributed by atoms with E-state index in [1.165, 1.54) is 0 Å². The number of nitrogens with one attached hydrogen (secondary N) is 2. The Hall–Kier alpha value is -1.71. The van der Waals surface area contributed by atoms with Gasteiger partial charge < -0.3 is 15.4 Å². The van der Waals surface area contributed by atoms with E-state index in [4.69, 9.17) is 4.74 Å². The van der Waals surface area contributed by atoms with Gasteiger partial charge in [0.2, 0.25) is 5.91 Å². The summed E-state index contributed by atoms with van der Waals surface area (Å²) in [7, 11) is 1.87. The molecule has 0 spiro atoms. The van der Waals surface area contributed by atoms with E-state index in [1.807, 2.05) is 31.3 Å². The van der Waals surface area contributed by atoms with Gasteiger partial charge in [-0.15, -0.1) is 0 Å². The molecule has 0 bridgehead atoms. The Bertz CT molecular complexity index is 372. The van der Waals surface area contributed by atoms with Crippen molar-refractivity contribution in [1.82, 2.24) is 5.32 Å². The highest BCUT2D eigenvalue weighted by Gasteiger charge is 2.22. The SMILES string of the molecule is CNc1ccc(OCCC(=O)NC2CC2)cc1. The molecule has 0 saturated heterocycles. The van der Waals surface area contributed by atoms with E-state index in [-0.39, 0.29) is 5.91 Å². The molecule has 1 saturated carbocycles. The minimum absolute atomic E-state index is 0.0827. The lowest BCUT2D eigenvalue weighted by Gasteiger charge is -2.07. The maximum Gasteiger partial charge on any atom is 0.223 e. The molecule has 2 N–H and O–H groups in total. The predicted molar refractivity (Wildman–Crippen MR) is 67.3 cm³/mol. The molecule has 1 aromatic rings. The molecule has 92 valence electrons. The lowest BCUT2D eigenvalue weighted by atomic mass is 10.3. The molecule has 1 aromatic carbocycles. The van der Waals surface area contributed by atoms with Crippen LogP contribution in [0.15, 0.2) is 24.3 Å². The molecule has 1 aliphatic carbocycles. The van der Waals surface area contributed by atoms with Gasteiger partial charge in [-0.2, -0.15) is 0 Å². The van der Waals surface area contributed by atoms with Crippen molar-refractivity contribution in [2.24, 2.45) is 0 Å². The number of hydrogen-bond acceptors (Lipinski definition) is 3. The van der Waals surface area contributed by atoms with Gasteiger partial charge in [-0.1, -0.05) is 0 Å². The van der Waals surface area contributed by atoms with Crippen LogP contribution in [0, 0.1) is 0 Å². The Kier molecular flexibility index (Phi) is 3.85. The Labute approximate surface area is 101 Å². The second-order valence-electron chi connectivity index (χ2n) is 4.21. The van der Waals surface area contributed by atoms with E-state index in [0.717, 1.165) is 24.3 Å². The van der Waals surface area contributed by atoms with E-state index in [0.29, 0.717) is 19.1 Å². The maximum atomic E-state index is 11.4. The second-order valence-corrected chi connectivity index (χ2v) is 4.21. The van der Waals surface area contributed by atoms with Gasteiger partial charge in [0.15, 0.2) is 0 Å². The number of hydrogen-bond donors (Lipinski definition) is 2. The van der Waals surface area contributed by atoms with Crippen LogP contribution >= 0.6 is 0 Å². The van der Waals surface area contributed by atoms with Crippen LogP contribution in [-0.4, -0.2) is 25.6 Å². The van der Waals surface area contributed by atoms with Gasteiger partial charge in [0.05, 0.1) is 13.0 Å². The van der Waals surface area contributed by atoms with Crippen LogP contribution in [0.4, 0.5) is 5.69 Å². The number of anilines is 1. The van der Waals surface area contributed by atoms with E-state index < -0.39 is 0 Å². The molecular weight excluding hydrogens is 216 g/mol. The van der Waals surface area contributed by atoms with E-state index in [1.54, 1.807) is 0 Å². The van der Waals surface area contributed by atoms with Crippen molar-refractivity contribution < 1.29 is 9.53 Å². The quantitative estimate of drug-likeness (QED) is 0.788. The molecule has 0 aromatic heterocycles. The summed E-state index contributed by atoms with van der Waals surface area (Å²) in [5.41, 5.74) is 1.05. The summed E-state index contributed by atoms with van der Waals surface area (Å²) in [5, 5.41) is 5.97. The number of ether oxygens (including phenoxy) is 1. The summed E-state index contributed by atoms with van der Waals surface area (Å²) < 4.78 is 5.49. The van der Waals surface area contributed by atoms with Gasteiger partial charge in [-0.25, -0.2) is 0 Å². The van der Waals surface area contributed by atoms with Crippen LogP contribution in [-0.2, 0) is 4.79 Å². The number of amides is 1. The van der Waals surface area contributed by atoms with Gasteiger partial charge in [-0.05, 0) is 37.1 Å². The van der Waals surface area contributed by atoms with Crippen LogP contribution in [0.1, 0.15) is 19.3 Å². The first-order valence-corrected chi connectivity index (χ1v) is 5.98. The highest BCUT2D eigenvalue weighted by atomic mass is 16.5. The van der Waals surface area contributed by atoms with Gasteiger partial charge in [0, 0.05) is 18.8 Å². The molecule has 0 heterocycles. The zero-order valence-corrected chi connectivity index (χ0v) is 10.0. The van der Waals surface area contributed by atoms with Crippen LogP contribution in [0.3, 0.4) is 0 Å². The first-order chi connectivity index (χ1) is 8.28. The Morgan fingerprint density at radius 2 is 2.06 bits per heavy atom. The number of benzene rings is 1. The topological polar surface area (TPSA) is 50.4 Å². The molecule has 1 amide bonds. The van der Waals surface area contributed by atoms with Gasteiger partial charge in [0.25, 0.3) is 0 Å². The lowest BCUT2D eigenvalue weighted by Crippen LogP contribution is -2.26. The summed E-state index contributed by atoms with van der Waals surface area (Å²) in [5.74, 6) is 0.877. The average Bonchev–Trinajstić information content (AvgIpc) is 3.14. The van der Waals surface area contributed by atoms with Crippen molar-refractivity contribution in [3.63, 3.8) is 0 Å². The van der Waals surface area contributed by atoms with E-state index in [9.17, 15) is 4.79 Å². The molecular formula is C13H18N2O2. The Balaban J connectivity index is 1.67. The zero-order chi connectivity index (χ0) is 12.1. The fraction of sp³-hybridized carbons (Fsp3) is 0.462. The molecule has 0 atom stereocenters. The third-order valence-electron chi connectivity index (χ3n) is 2.68. The fourth-order valence-electron chi connectivity index (χ4n) is 1.51. The second kappa shape index (κ2) is 5.57. The molecule has 17 heavy (non-hydrogen) atoms. The van der Waals surface area contributed by atoms with Crippen molar-refractivity contribution >= 4 is 11.6 Å². The van der Waals surface area contributed by atoms with Crippen LogP contribution in [0.25, 0.3) is 0 Å². The van der Waals surface area contributed by atoms with Crippen LogP contribution in [0.5, 0.6) is 5.75 Å². The predicted octanol–water partition coefficient (Wildman–Crippen LogP) is 1.78. The van der Waals surface area contributed by atoms with Crippen molar-refractivity contribution in [1.29, 1.82) is 0 Å². The first kappa shape index (κ1) is 11.8. The summed E-state index contributed by atoms with van der Waals surface area (Å²) in [6, 6.07) is 8.10. The standard InChI is InChI=1S/C13H18N2O2/c1-14-10-4-6-12(7-5-10)17-9-8-13(16)15-11-2-3-11/h4-7,11,14H,2-3,8-9H2,1H3,(H,15,16). The van der Waals surface area contributed by atoms with Gasteiger partial charge >= 0.3 is 0 Å². The van der Waals surface area contributed by atoms with Crippen LogP contribution < -0.4 is 15.4 Å².